The van der Waals surface area contributed by atoms with Crippen LogP contribution in [0.1, 0.15) is 47.2 Å². The Morgan fingerprint density at radius 1 is 0.720 bits per heavy atom. The van der Waals surface area contributed by atoms with Crippen LogP contribution in [-0.4, -0.2) is 21.0 Å². The lowest BCUT2D eigenvalue weighted by atomic mass is 9.76. The highest BCUT2D eigenvalue weighted by atomic mass is 16.7. The Labute approximate surface area is 151 Å². The maximum absolute atomic E-state index is 5.72. The molecule has 136 valence electrons. The molecule has 0 aliphatic heterocycles. The number of methoxy groups -OCH3 is 2. The maximum atomic E-state index is 5.72. The van der Waals surface area contributed by atoms with Crippen LogP contribution < -0.4 is 9.47 Å². The van der Waals surface area contributed by atoms with E-state index in [9.17, 15) is 0 Å². The summed E-state index contributed by atoms with van der Waals surface area (Å²) < 4.78 is 16.3. The molecule has 2 rings (SSSR count). The minimum atomic E-state index is -0.114. The van der Waals surface area contributed by atoms with Gasteiger partial charge in [-0.25, -0.2) is 0 Å². The molecule has 0 fully saturated rings. The van der Waals surface area contributed by atoms with Gasteiger partial charge in [0, 0.05) is 12.5 Å². The van der Waals surface area contributed by atoms with E-state index in [0.717, 1.165) is 22.6 Å². The van der Waals surface area contributed by atoms with Crippen LogP contribution in [0.15, 0.2) is 24.3 Å². The number of ether oxygens (including phenoxy) is 3. The van der Waals surface area contributed by atoms with Crippen LogP contribution >= 0.6 is 0 Å². The number of hydrogen-bond donors (Lipinski definition) is 0. The molecule has 0 spiro atoms. The lowest BCUT2D eigenvalue weighted by molar-refractivity contribution is 0.0501. The zero-order valence-electron chi connectivity index (χ0n) is 16.7. The van der Waals surface area contributed by atoms with E-state index in [1.54, 1.807) is 14.2 Å². The van der Waals surface area contributed by atoms with Crippen molar-refractivity contribution in [1.29, 1.82) is 0 Å². The number of benzene rings is 2. The molecule has 3 nitrogen and oxygen atoms in total. The molecular weight excluding hydrogens is 312 g/mol. The van der Waals surface area contributed by atoms with Crippen molar-refractivity contribution in [2.45, 2.75) is 47.0 Å². The lowest BCUT2D eigenvalue weighted by Crippen LogP contribution is -2.20. The molecule has 0 N–H and O–H groups in total. The zero-order valence-corrected chi connectivity index (χ0v) is 16.7. The van der Waals surface area contributed by atoms with Crippen molar-refractivity contribution in [3.05, 3.63) is 57.6 Å². The van der Waals surface area contributed by atoms with Gasteiger partial charge < -0.3 is 14.2 Å². The summed E-state index contributed by atoms with van der Waals surface area (Å²) >= 11 is 0. The molecule has 0 aromatic heterocycles. The summed E-state index contributed by atoms with van der Waals surface area (Å²) in [5.74, 6) is 1.87. The molecule has 0 heterocycles. The SMILES string of the molecule is COCOc1c(C)cc(C(C)(C)c2cc(C)c(OC)c(C)c2)cc1C. The van der Waals surface area contributed by atoms with E-state index >= 15 is 0 Å². The summed E-state index contributed by atoms with van der Waals surface area (Å²) in [6.07, 6.45) is 0. The number of hydrogen-bond acceptors (Lipinski definition) is 3. The van der Waals surface area contributed by atoms with Crippen molar-refractivity contribution < 1.29 is 14.2 Å². The summed E-state index contributed by atoms with van der Waals surface area (Å²) in [6, 6.07) is 8.89. The highest BCUT2D eigenvalue weighted by Crippen LogP contribution is 2.38. The van der Waals surface area contributed by atoms with Gasteiger partial charge in [0.25, 0.3) is 0 Å². The lowest BCUT2D eigenvalue weighted by Gasteiger charge is -2.29. The molecule has 0 amide bonds. The smallest absolute Gasteiger partial charge is 0.188 e. The molecule has 25 heavy (non-hydrogen) atoms. The van der Waals surface area contributed by atoms with Gasteiger partial charge in [0.05, 0.1) is 7.11 Å². The van der Waals surface area contributed by atoms with Gasteiger partial charge in [0.2, 0.25) is 0 Å². The molecule has 0 saturated heterocycles. The summed E-state index contributed by atoms with van der Waals surface area (Å²) in [7, 11) is 3.36. The van der Waals surface area contributed by atoms with Crippen molar-refractivity contribution in [3.8, 4) is 11.5 Å². The molecule has 0 unspecified atom stereocenters. The fourth-order valence-electron chi connectivity index (χ4n) is 3.46. The van der Waals surface area contributed by atoms with E-state index in [2.05, 4.69) is 65.8 Å². The Balaban J connectivity index is 2.49. The molecule has 0 aliphatic rings. The summed E-state index contributed by atoms with van der Waals surface area (Å²) in [6.45, 7) is 13.2. The maximum Gasteiger partial charge on any atom is 0.188 e. The van der Waals surface area contributed by atoms with E-state index < -0.39 is 0 Å². The van der Waals surface area contributed by atoms with Crippen LogP contribution in [0.3, 0.4) is 0 Å². The van der Waals surface area contributed by atoms with Crippen LogP contribution in [0, 0.1) is 27.7 Å². The fourth-order valence-corrected chi connectivity index (χ4v) is 3.46. The first-order valence-corrected chi connectivity index (χ1v) is 8.61. The van der Waals surface area contributed by atoms with E-state index in [1.807, 2.05) is 0 Å². The van der Waals surface area contributed by atoms with Crippen LogP contribution in [0.5, 0.6) is 11.5 Å². The van der Waals surface area contributed by atoms with Crippen molar-refractivity contribution in [2.75, 3.05) is 21.0 Å². The minimum absolute atomic E-state index is 0.114. The fraction of sp³-hybridized carbons (Fsp3) is 0.455. The zero-order chi connectivity index (χ0) is 18.8. The Morgan fingerprint density at radius 3 is 1.48 bits per heavy atom. The third-order valence-corrected chi connectivity index (χ3v) is 4.89. The predicted octanol–water partition coefficient (Wildman–Crippen LogP) is 5.24. The van der Waals surface area contributed by atoms with Gasteiger partial charge in [-0.15, -0.1) is 0 Å². The van der Waals surface area contributed by atoms with E-state index in [4.69, 9.17) is 14.2 Å². The second-order valence-corrected chi connectivity index (χ2v) is 7.26. The van der Waals surface area contributed by atoms with Crippen LogP contribution in [0.4, 0.5) is 0 Å². The average Bonchev–Trinajstić information content (AvgIpc) is 2.53. The van der Waals surface area contributed by atoms with Gasteiger partial charge in [-0.2, -0.15) is 0 Å². The molecule has 3 heteroatoms. The topological polar surface area (TPSA) is 27.7 Å². The van der Waals surface area contributed by atoms with E-state index in [0.29, 0.717) is 0 Å². The molecular formula is C22H30O3. The molecule has 2 aromatic carbocycles. The molecule has 0 bridgehead atoms. The number of aryl methyl sites for hydroxylation is 4. The van der Waals surface area contributed by atoms with Crippen molar-refractivity contribution in [2.24, 2.45) is 0 Å². The predicted molar refractivity (Wildman–Crippen MR) is 103 cm³/mol. The molecule has 0 atom stereocenters. The van der Waals surface area contributed by atoms with Crippen molar-refractivity contribution >= 4 is 0 Å². The van der Waals surface area contributed by atoms with Crippen LogP contribution in [0.2, 0.25) is 0 Å². The first-order valence-electron chi connectivity index (χ1n) is 8.61. The first kappa shape index (κ1) is 19.3. The molecule has 0 saturated carbocycles. The molecule has 2 aromatic rings. The Bertz CT molecular complexity index is 714. The molecule has 0 aliphatic carbocycles. The van der Waals surface area contributed by atoms with E-state index in [1.165, 1.54) is 22.3 Å². The van der Waals surface area contributed by atoms with E-state index in [-0.39, 0.29) is 12.2 Å². The number of rotatable bonds is 6. The largest absolute Gasteiger partial charge is 0.496 e. The Morgan fingerprint density at radius 2 is 1.12 bits per heavy atom. The normalized spacial score (nSPS) is 11.5. The van der Waals surface area contributed by atoms with Crippen LogP contribution in [-0.2, 0) is 10.2 Å². The summed E-state index contributed by atoms with van der Waals surface area (Å²) in [5, 5.41) is 0. The van der Waals surface area contributed by atoms with Crippen molar-refractivity contribution in [3.63, 3.8) is 0 Å². The Hall–Kier alpha value is -2.00. The van der Waals surface area contributed by atoms with Gasteiger partial charge in [-0.05, 0) is 61.1 Å². The van der Waals surface area contributed by atoms with Gasteiger partial charge in [0.15, 0.2) is 6.79 Å². The van der Waals surface area contributed by atoms with Gasteiger partial charge in [-0.3, -0.25) is 0 Å². The van der Waals surface area contributed by atoms with Gasteiger partial charge in [0.1, 0.15) is 11.5 Å². The third-order valence-electron chi connectivity index (χ3n) is 4.89. The second kappa shape index (κ2) is 7.49. The van der Waals surface area contributed by atoms with Gasteiger partial charge >= 0.3 is 0 Å². The summed E-state index contributed by atoms with van der Waals surface area (Å²) in [5.41, 5.74) is 7.03. The monoisotopic (exact) mass is 342 g/mol. The van der Waals surface area contributed by atoms with Crippen molar-refractivity contribution in [1.82, 2.24) is 0 Å². The first-order chi connectivity index (χ1) is 11.7. The quantitative estimate of drug-likeness (QED) is 0.672. The standard InChI is InChI=1S/C22H30O3/c1-14-9-18(10-15(2)20(14)24-8)22(5,6)19-11-16(3)21(17(4)12-19)25-13-23-7/h9-12H,13H2,1-8H3. The Kier molecular flexibility index (Phi) is 5.79. The van der Waals surface area contributed by atoms with Crippen LogP contribution in [0.25, 0.3) is 0 Å². The average molecular weight is 342 g/mol. The van der Waals surface area contributed by atoms with Gasteiger partial charge in [-0.1, -0.05) is 38.1 Å². The minimum Gasteiger partial charge on any atom is -0.496 e. The molecule has 0 radical (unpaired) electrons. The second-order valence-electron chi connectivity index (χ2n) is 7.26. The highest BCUT2D eigenvalue weighted by Gasteiger charge is 2.26. The summed E-state index contributed by atoms with van der Waals surface area (Å²) in [4.78, 5) is 0. The third kappa shape index (κ3) is 3.82. The highest BCUT2D eigenvalue weighted by molar-refractivity contribution is 5.52.